The molecular weight excluding hydrogens is 384 g/mol. The van der Waals surface area contributed by atoms with Gasteiger partial charge >= 0.3 is 11.2 Å². The number of hydrogen-bond donors (Lipinski definition) is 1. The van der Waals surface area contributed by atoms with Gasteiger partial charge in [-0.1, -0.05) is 71.5 Å². The highest BCUT2D eigenvalue weighted by atomic mass is 32.1. The first-order valence-electron chi connectivity index (χ1n) is 9.14. The highest BCUT2D eigenvalue weighted by Gasteiger charge is 2.18. The van der Waals surface area contributed by atoms with E-state index in [1.807, 2.05) is 78.9 Å². The second-order valence-electron chi connectivity index (χ2n) is 6.83. The third kappa shape index (κ3) is 2.85. The van der Waals surface area contributed by atoms with Gasteiger partial charge in [0.05, 0.1) is 12.1 Å². The highest BCUT2D eigenvalue weighted by Crippen LogP contribution is 2.31. The summed E-state index contributed by atoms with van der Waals surface area (Å²) in [6, 6.07) is 25.5. The zero-order valence-electron chi connectivity index (χ0n) is 15.3. The van der Waals surface area contributed by atoms with Crippen molar-refractivity contribution in [3.63, 3.8) is 0 Å². The van der Waals surface area contributed by atoms with Crippen molar-refractivity contribution in [1.82, 2.24) is 9.30 Å². The first-order chi connectivity index (χ1) is 14.1. The number of nitrogens with zero attached hydrogens (tertiary/aromatic N) is 2. The minimum atomic E-state index is -0.740. The lowest BCUT2D eigenvalue weighted by Crippen LogP contribution is -2.38. The molecule has 0 aliphatic heterocycles. The van der Waals surface area contributed by atoms with Crippen LogP contribution >= 0.6 is 11.3 Å². The monoisotopic (exact) mass is 400 g/mol. The average molecular weight is 400 g/mol. The lowest BCUT2D eigenvalue weighted by molar-refractivity contribution is 0.158. The van der Waals surface area contributed by atoms with E-state index in [4.69, 9.17) is 0 Å². The van der Waals surface area contributed by atoms with Crippen LogP contribution in [0.4, 0.5) is 0 Å². The first kappa shape index (κ1) is 17.5. The molecule has 2 aromatic heterocycles. The molecule has 142 valence electrons. The van der Waals surface area contributed by atoms with Gasteiger partial charge < -0.3 is 5.21 Å². The molecule has 0 bridgehead atoms. The molecule has 0 atom stereocenters. The van der Waals surface area contributed by atoms with Gasteiger partial charge in [0.2, 0.25) is 0 Å². The van der Waals surface area contributed by atoms with Crippen molar-refractivity contribution < 1.29 is 5.21 Å². The van der Waals surface area contributed by atoms with Crippen LogP contribution in [0.5, 0.6) is 0 Å². The third-order valence-corrected chi connectivity index (χ3v) is 6.16. The summed E-state index contributed by atoms with van der Waals surface area (Å²) in [7, 11) is 0. The molecular formula is C23H16N2O3S. The Labute approximate surface area is 169 Å². The summed E-state index contributed by atoms with van der Waals surface area (Å²) in [5.41, 5.74) is 2.18. The van der Waals surface area contributed by atoms with E-state index < -0.39 is 11.2 Å². The molecule has 6 heteroatoms. The van der Waals surface area contributed by atoms with E-state index in [0.29, 0.717) is 10.2 Å². The molecule has 0 aliphatic carbocycles. The lowest BCUT2D eigenvalue weighted by atomic mass is 10.0. The molecule has 5 aromatic rings. The fraction of sp³-hybridized carbons (Fsp3) is 0.0435. The molecule has 0 unspecified atom stereocenters. The standard InChI is InChI=1S/C23H16N2O3S/c26-22-21-20(18-11-4-5-12-19(18)29-21)24(23(27)25(22)28)14-15-7-6-10-17(13-15)16-8-2-1-3-9-16/h1-13,28H,14H2. The maximum Gasteiger partial charge on any atom is 0.365 e. The summed E-state index contributed by atoms with van der Waals surface area (Å²) in [6.07, 6.45) is 0. The Kier molecular flexibility index (Phi) is 4.07. The van der Waals surface area contributed by atoms with Gasteiger partial charge in [-0.3, -0.25) is 9.36 Å². The Balaban J connectivity index is 1.72. The summed E-state index contributed by atoms with van der Waals surface area (Å²) >= 11 is 1.28. The molecule has 0 saturated carbocycles. The van der Waals surface area contributed by atoms with E-state index in [2.05, 4.69) is 0 Å². The second-order valence-corrected chi connectivity index (χ2v) is 7.88. The zero-order valence-corrected chi connectivity index (χ0v) is 16.1. The van der Waals surface area contributed by atoms with Crippen molar-refractivity contribution in [3.8, 4) is 11.1 Å². The number of aromatic nitrogens is 2. The van der Waals surface area contributed by atoms with Crippen LogP contribution in [0.25, 0.3) is 31.4 Å². The van der Waals surface area contributed by atoms with Gasteiger partial charge in [-0.2, -0.15) is 0 Å². The number of thiophene rings is 1. The maximum atomic E-state index is 12.8. The largest absolute Gasteiger partial charge is 0.421 e. The smallest absolute Gasteiger partial charge is 0.365 e. The van der Waals surface area contributed by atoms with Gasteiger partial charge in [-0.25, -0.2) is 4.79 Å². The molecule has 1 N–H and O–H groups in total. The summed E-state index contributed by atoms with van der Waals surface area (Å²) in [5, 5.41) is 10.9. The van der Waals surface area contributed by atoms with Crippen LogP contribution in [-0.4, -0.2) is 14.5 Å². The Hall–Kier alpha value is -3.64. The van der Waals surface area contributed by atoms with E-state index in [1.54, 1.807) is 0 Å². The Bertz CT molecular complexity index is 1480. The van der Waals surface area contributed by atoms with Crippen LogP contribution in [0.2, 0.25) is 0 Å². The minimum absolute atomic E-state index is 0.207. The van der Waals surface area contributed by atoms with E-state index in [1.165, 1.54) is 15.9 Å². The van der Waals surface area contributed by atoms with E-state index in [-0.39, 0.29) is 11.3 Å². The Morgan fingerprint density at radius 3 is 2.38 bits per heavy atom. The van der Waals surface area contributed by atoms with Gasteiger partial charge in [0, 0.05) is 10.1 Å². The van der Waals surface area contributed by atoms with Gasteiger partial charge in [0.25, 0.3) is 0 Å². The predicted molar refractivity (Wildman–Crippen MR) is 116 cm³/mol. The second kappa shape index (κ2) is 6.76. The van der Waals surface area contributed by atoms with Gasteiger partial charge in [0.15, 0.2) is 0 Å². The topological polar surface area (TPSA) is 64.2 Å². The maximum absolute atomic E-state index is 12.8. The van der Waals surface area contributed by atoms with Gasteiger partial charge in [-0.15, -0.1) is 11.3 Å². The quantitative estimate of drug-likeness (QED) is 0.459. The molecule has 2 heterocycles. The van der Waals surface area contributed by atoms with Crippen LogP contribution < -0.4 is 11.2 Å². The molecule has 5 nitrogen and oxygen atoms in total. The van der Waals surface area contributed by atoms with Crippen LogP contribution in [0.1, 0.15) is 5.56 Å². The van der Waals surface area contributed by atoms with E-state index in [9.17, 15) is 14.8 Å². The third-order valence-electron chi connectivity index (χ3n) is 5.01. The number of fused-ring (bicyclic) bond motifs is 3. The molecule has 3 aromatic carbocycles. The van der Waals surface area contributed by atoms with Crippen LogP contribution in [0.15, 0.2) is 88.5 Å². The Morgan fingerprint density at radius 2 is 1.55 bits per heavy atom. The number of rotatable bonds is 3. The van der Waals surface area contributed by atoms with Gasteiger partial charge in [-0.05, 0) is 28.8 Å². The molecule has 0 amide bonds. The van der Waals surface area contributed by atoms with Gasteiger partial charge in [0.1, 0.15) is 4.70 Å². The molecule has 0 saturated heterocycles. The summed E-state index contributed by atoms with van der Waals surface area (Å²) in [4.78, 5) is 25.3. The SMILES string of the molecule is O=c1c2sc3ccccc3c2n(Cc2cccc(-c3ccccc3)c2)c(=O)n1O. The highest BCUT2D eigenvalue weighted by molar-refractivity contribution is 7.25. The Morgan fingerprint density at radius 1 is 0.828 bits per heavy atom. The summed E-state index contributed by atoms with van der Waals surface area (Å²) in [6.45, 7) is 0.248. The van der Waals surface area contributed by atoms with Crippen molar-refractivity contribution >= 4 is 31.6 Å². The molecule has 0 fully saturated rings. The minimum Gasteiger partial charge on any atom is -0.421 e. The summed E-state index contributed by atoms with van der Waals surface area (Å²) < 4.78 is 2.95. The number of hydrogen-bond acceptors (Lipinski definition) is 4. The van der Waals surface area contributed by atoms with Crippen molar-refractivity contribution in [3.05, 3.63) is 105 Å². The average Bonchev–Trinajstić information content (AvgIpc) is 3.16. The predicted octanol–water partition coefficient (Wildman–Crippen LogP) is 4.33. The molecule has 0 aliphatic rings. The molecule has 29 heavy (non-hydrogen) atoms. The molecule has 0 radical (unpaired) electrons. The van der Waals surface area contributed by atoms with Crippen LogP contribution in [0, 0.1) is 0 Å². The fourth-order valence-corrected chi connectivity index (χ4v) is 4.78. The van der Waals surface area contributed by atoms with Crippen LogP contribution in [-0.2, 0) is 6.54 Å². The first-order valence-corrected chi connectivity index (χ1v) is 9.96. The van der Waals surface area contributed by atoms with Crippen molar-refractivity contribution in [2.75, 3.05) is 0 Å². The summed E-state index contributed by atoms with van der Waals surface area (Å²) in [5.74, 6) is 0. The number of benzene rings is 3. The van der Waals surface area contributed by atoms with Crippen LogP contribution in [0.3, 0.4) is 0 Å². The molecule has 5 rings (SSSR count). The van der Waals surface area contributed by atoms with E-state index in [0.717, 1.165) is 26.8 Å². The lowest BCUT2D eigenvalue weighted by Gasteiger charge is -2.11. The van der Waals surface area contributed by atoms with E-state index >= 15 is 0 Å². The van der Waals surface area contributed by atoms with Crippen molar-refractivity contribution in [2.24, 2.45) is 0 Å². The van der Waals surface area contributed by atoms with Crippen molar-refractivity contribution in [2.45, 2.75) is 6.54 Å². The zero-order chi connectivity index (χ0) is 20.0. The normalized spacial score (nSPS) is 11.3. The molecule has 0 spiro atoms. The van der Waals surface area contributed by atoms with Crippen molar-refractivity contribution in [1.29, 1.82) is 0 Å². The fourth-order valence-electron chi connectivity index (χ4n) is 3.65.